The highest BCUT2D eigenvalue weighted by atomic mass is 16.3. The summed E-state index contributed by atoms with van der Waals surface area (Å²) in [6.07, 6.45) is 7.79. The molecule has 4 fully saturated rings. The summed E-state index contributed by atoms with van der Waals surface area (Å²) in [5.74, 6) is 3.28. The van der Waals surface area contributed by atoms with Crippen LogP contribution < -0.4 is 0 Å². The van der Waals surface area contributed by atoms with Crippen molar-refractivity contribution < 1.29 is 5.11 Å². The number of aliphatic hydroxyl groups is 1. The van der Waals surface area contributed by atoms with E-state index in [0.717, 1.165) is 18.3 Å². The minimum Gasteiger partial charge on any atom is -0.389 e. The zero-order valence-electron chi connectivity index (χ0n) is 10.5. The lowest BCUT2D eigenvalue weighted by Crippen LogP contribution is -2.57. The van der Waals surface area contributed by atoms with Crippen LogP contribution >= 0.6 is 0 Å². The fraction of sp³-hybridized carbons (Fsp3) is 1.00. The maximum Gasteiger partial charge on any atom is 0.0701 e. The second-order valence-electron chi connectivity index (χ2n) is 5.65. The Balaban J connectivity index is 0.000000404. The van der Waals surface area contributed by atoms with Gasteiger partial charge in [0.05, 0.1) is 5.60 Å². The van der Waals surface area contributed by atoms with Gasteiger partial charge in [0.25, 0.3) is 0 Å². The molecule has 0 saturated heterocycles. The van der Waals surface area contributed by atoms with E-state index in [1.54, 1.807) is 0 Å². The maximum absolute atomic E-state index is 10.6. The Labute approximate surface area is 94.3 Å². The average molecular weight is 210 g/mol. The summed E-state index contributed by atoms with van der Waals surface area (Å²) in [6, 6.07) is 0. The molecule has 0 atom stereocenters. The lowest BCUT2D eigenvalue weighted by atomic mass is 9.49. The Morgan fingerprint density at radius 3 is 1.67 bits per heavy atom. The highest BCUT2D eigenvalue weighted by Crippen LogP contribution is 2.59. The van der Waals surface area contributed by atoms with Gasteiger partial charge in [-0.15, -0.1) is 0 Å². The van der Waals surface area contributed by atoms with Gasteiger partial charge in [0.15, 0.2) is 0 Å². The Kier molecular flexibility index (Phi) is 3.12. The lowest BCUT2D eigenvalue weighted by Gasteiger charge is -2.58. The molecule has 0 unspecified atom stereocenters. The van der Waals surface area contributed by atoms with Gasteiger partial charge in [0.2, 0.25) is 0 Å². The predicted molar refractivity (Wildman–Crippen MR) is 63.6 cm³/mol. The van der Waals surface area contributed by atoms with E-state index >= 15 is 0 Å². The predicted octanol–water partition coefficient (Wildman–Crippen LogP) is 3.61. The molecule has 0 radical (unpaired) electrons. The molecule has 4 aliphatic carbocycles. The van der Waals surface area contributed by atoms with E-state index in [-0.39, 0.29) is 5.60 Å². The molecule has 15 heavy (non-hydrogen) atoms. The molecular formula is C14H26O. The molecule has 88 valence electrons. The van der Waals surface area contributed by atoms with Gasteiger partial charge in [-0.05, 0) is 62.2 Å². The summed E-state index contributed by atoms with van der Waals surface area (Å²) < 4.78 is 0. The first-order valence-electron chi connectivity index (χ1n) is 6.94. The molecule has 0 aromatic rings. The maximum atomic E-state index is 10.6. The summed E-state index contributed by atoms with van der Waals surface area (Å²) in [7, 11) is 0. The highest BCUT2D eigenvalue weighted by Gasteiger charge is 2.55. The number of rotatable bonds is 1. The largest absolute Gasteiger partial charge is 0.389 e. The van der Waals surface area contributed by atoms with Crippen LogP contribution in [0, 0.1) is 23.7 Å². The minimum absolute atomic E-state index is 0.257. The van der Waals surface area contributed by atoms with E-state index in [1.807, 2.05) is 13.8 Å². The van der Waals surface area contributed by atoms with E-state index in [1.165, 1.54) is 32.1 Å². The molecule has 1 heteroatoms. The Morgan fingerprint density at radius 1 is 0.933 bits per heavy atom. The monoisotopic (exact) mass is 210 g/mol. The van der Waals surface area contributed by atoms with Crippen LogP contribution in [0.4, 0.5) is 0 Å². The first-order chi connectivity index (χ1) is 7.22. The quantitative estimate of drug-likeness (QED) is 0.701. The van der Waals surface area contributed by atoms with Crippen molar-refractivity contribution in [3.63, 3.8) is 0 Å². The topological polar surface area (TPSA) is 20.2 Å². The minimum atomic E-state index is -0.257. The van der Waals surface area contributed by atoms with Gasteiger partial charge in [-0.2, -0.15) is 0 Å². The molecule has 1 N–H and O–H groups in total. The third-order valence-electron chi connectivity index (χ3n) is 5.12. The molecule has 4 bridgehead atoms. The fourth-order valence-corrected chi connectivity index (χ4v) is 4.58. The smallest absolute Gasteiger partial charge is 0.0701 e. The van der Waals surface area contributed by atoms with Crippen LogP contribution in [0.25, 0.3) is 0 Å². The summed E-state index contributed by atoms with van der Waals surface area (Å²) in [5.41, 5.74) is -0.257. The van der Waals surface area contributed by atoms with E-state index in [9.17, 15) is 5.11 Å². The first-order valence-corrected chi connectivity index (χ1v) is 6.94. The van der Waals surface area contributed by atoms with Gasteiger partial charge in [-0.3, -0.25) is 0 Å². The van der Waals surface area contributed by atoms with E-state index < -0.39 is 0 Å². The van der Waals surface area contributed by atoms with Crippen molar-refractivity contribution in [2.45, 2.75) is 64.9 Å². The van der Waals surface area contributed by atoms with Crippen LogP contribution in [0.5, 0.6) is 0 Å². The van der Waals surface area contributed by atoms with Gasteiger partial charge in [0, 0.05) is 0 Å². The normalized spacial score (nSPS) is 51.2. The zero-order chi connectivity index (χ0) is 11.1. The van der Waals surface area contributed by atoms with Gasteiger partial charge in [0.1, 0.15) is 0 Å². The molecule has 4 rings (SSSR count). The zero-order valence-corrected chi connectivity index (χ0v) is 10.5. The van der Waals surface area contributed by atoms with Crippen LogP contribution in [-0.2, 0) is 0 Å². The van der Waals surface area contributed by atoms with Crippen LogP contribution in [-0.4, -0.2) is 10.7 Å². The summed E-state index contributed by atoms with van der Waals surface area (Å²) in [5, 5.41) is 10.6. The van der Waals surface area contributed by atoms with E-state index in [4.69, 9.17) is 0 Å². The van der Waals surface area contributed by atoms with Crippen molar-refractivity contribution in [1.29, 1.82) is 0 Å². The van der Waals surface area contributed by atoms with Crippen molar-refractivity contribution in [2.24, 2.45) is 23.7 Å². The standard InChI is InChI=1S/C12H20O.C2H6/c1-2-12(13)10-4-8-3-9(6-10)7-11(12)5-8;1-2/h8-11,13H,2-7H2,1H3;1-2H3. The molecule has 0 aliphatic heterocycles. The van der Waals surface area contributed by atoms with Crippen molar-refractivity contribution in [3.05, 3.63) is 0 Å². The van der Waals surface area contributed by atoms with Gasteiger partial charge >= 0.3 is 0 Å². The molecule has 0 heterocycles. The lowest BCUT2D eigenvalue weighted by molar-refractivity contribution is -0.173. The van der Waals surface area contributed by atoms with E-state index in [2.05, 4.69) is 6.92 Å². The van der Waals surface area contributed by atoms with Crippen LogP contribution in [0.2, 0.25) is 0 Å². The second-order valence-corrected chi connectivity index (χ2v) is 5.65. The third-order valence-corrected chi connectivity index (χ3v) is 5.12. The fourth-order valence-electron chi connectivity index (χ4n) is 4.58. The van der Waals surface area contributed by atoms with Crippen LogP contribution in [0.15, 0.2) is 0 Å². The van der Waals surface area contributed by atoms with Crippen LogP contribution in [0.1, 0.15) is 59.3 Å². The summed E-state index contributed by atoms with van der Waals surface area (Å²) in [6.45, 7) is 6.17. The third kappa shape index (κ3) is 1.63. The van der Waals surface area contributed by atoms with Crippen molar-refractivity contribution in [3.8, 4) is 0 Å². The van der Waals surface area contributed by atoms with Crippen molar-refractivity contribution in [2.75, 3.05) is 0 Å². The van der Waals surface area contributed by atoms with E-state index in [0.29, 0.717) is 11.8 Å². The molecule has 1 nitrogen and oxygen atoms in total. The van der Waals surface area contributed by atoms with Gasteiger partial charge in [-0.25, -0.2) is 0 Å². The molecule has 0 amide bonds. The molecule has 0 aromatic carbocycles. The Bertz CT molecular complexity index is 193. The number of hydrogen-bond donors (Lipinski definition) is 1. The summed E-state index contributed by atoms with van der Waals surface area (Å²) in [4.78, 5) is 0. The van der Waals surface area contributed by atoms with Gasteiger partial charge in [-0.1, -0.05) is 20.8 Å². The Hall–Kier alpha value is -0.0400. The molecule has 0 spiro atoms. The Morgan fingerprint density at radius 2 is 1.33 bits per heavy atom. The number of hydrogen-bond acceptors (Lipinski definition) is 1. The highest BCUT2D eigenvalue weighted by molar-refractivity contribution is 5.06. The first kappa shape index (κ1) is 11.4. The second kappa shape index (κ2) is 4.08. The van der Waals surface area contributed by atoms with Crippen LogP contribution in [0.3, 0.4) is 0 Å². The van der Waals surface area contributed by atoms with Gasteiger partial charge < -0.3 is 5.11 Å². The average Bonchev–Trinajstić information content (AvgIpc) is 2.27. The molecule has 0 aromatic heterocycles. The summed E-state index contributed by atoms with van der Waals surface area (Å²) >= 11 is 0. The molecule has 4 saturated carbocycles. The molecule has 4 aliphatic rings. The molecular weight excluding hydrogens is 184 g/mol. The van der Waals surface area contributed by atoms with Crippen molar-refractivity contribution >= 4 is 0 Å². The SMILES string of the molecule is CC.CCC1(O)C2CC3CC(C2)CC1C3. The van der Waals surface area contributed by atoms with Crippen molar-refractivity contribution in [1.82, 2.24) is 0 Å².